The van der Waals surface area contributed by atoms with Gasteiger partial charge in [-0.2, -0.15) is 0 Å². The molecule has 2 nitrogen and oxygen atoms in total. The van der Waals surface area contributed by atoms with Gasteiger partial charge in [0.2, 0.25) is 0 Å². The second-order valence-corrected chi connectivity index (χ2v) is 5.56. The molecular weight excluding hydrogens is 188 g/mol. The van der Waals surface area contributed by atoms with Crippen molar-refractivity contribution in [3.63, 3.8) is 0 Å². The first-order valence-electron chi connectivity index (χ1n) is 6.15. The molecule has 1 fully saturated rings. The average molecular weight is 212 g/mol. The Morgan fingerprint density at radius 2 is 1.80 bits per heavy atom. The maximum Gasteiger partial charge on any atom is 0.164 e. The van der Waals surface area contributed by atoms with Crippen molar-refractivity contribution in [3.05, 3.63) is 0 Å². The number of carbonyl (C=O) groups excluding carboxylic acids is 1. The summed E-state index contributed by atoms with van der Waals surface area (Å²) in [6, 6.07) is 0. The SMILES string of the molecule is CC(C)C(O)C(=O)C1CCC(C)C(C)C1. The maximum absolute atomic E-state index is 11.9. The fourth-order valence-electron chi connectivity index (χ4n) is 2.38. The Labute approximate surface area is 93.1 Å². The molecule has 88 valence electrons. The van der Waals surface area contributed by atoms with Gasteiger partial charge >= 0.3 is 0 Å². The van der Waals surface area contributed by atoms with Gasteiger partial charge in [0.1, 0.15) is 6.10 Å². The van der Waals surface area contributed by atoms with Gasteiger partial charge in [-0.15, -0.1) is 0 Å². The summed E-state index contributed by atoms with van der Waals surface area (Å²) in [5, 5.41) is 9.75. The van der Waals surface area contributed by atoms with Crippen LogP contribution in [0.25, 0.3) is 0 Å². The number of hydrogen-bond acceptors (Lipinski definition) is 2. The molecule has 4 atom stereocenters. The van der Waals surface area contributed by atoms with Crippen LogP contribution in [0.2, 0.25) is 0 Å². The molecule has 0 aromatic heterocycles. The summed E-state index contributed by atoms with van der Waals surface area (Å²) in [5.41, 5.74) is 0. The van der Waals surface area contributed by atoms with Crippen LogP contribution in [0.5, 0.6) is 0 Å². The lowest BCUT2D eigenvalue weighted by Gasteiger charge is -2.32. The smallest absolute Gasteiger partial charge is 0.164 e. The van der Waals surface area contributed by atoms with Crippen LogP contribution in [0.1, 0.15) is 47.0 Å². The molecule has 0 bridgehead atoms. The number of hydrogen-bond donors (Lipinski definition) is 1. The Balaban J connectivity index is 2.54. The molecule has 0 radical (unpaired) electrons. The minimum Gasteiger partial charge on any atom is -0.385 e. The third-order valence-corrected chi connectivity index (χ3v) is 3.92. The van der Waals surface area contributed by atoms with Crippen molar-refractivity contribution < 1.29 is 9.90 Å². The second kappa shape index (κ2) is 5.11. The minimum atomic E-state index is -0.754. The molecule has 0 aromatic carbocycles. The molecule has 15 heavy (non-hydrogen) atoms. The Bertz CT molecular complexity index is 223. The lowest BCUT2D eigenvalue weighted by atomic mass is 9.73. The highest BCUT2D eigenvalue weighted by atomic mass is 16.3. The molecule has 1 N–H and O–H groups in total. The van der Waals surface area contributed by atoms with Crippen molar-refractivity contribution in [1.82, 2.24) is 0 Å². The fourth-order valence-corrected chi connectivity index (χ4v) is 2.38. The number of aliphatic hydroxyl groups is 1. The van der Waals surface area contributed by atoms with Gasteiger partial charge in [-0.05, 0) is 37.0 Å². The highest BCUT2D eigenvalue weighted by Crippen LogP contribution is 2.34. The Morgan fingerprint density at radius 1 is 1.20 bits per heavy atom. The Kier molecular flexibility index (Phi) is 4.32. The number of carbonyl (C=O) groups is 1. The van der Waals surface area contributed by atoms with Gasteiger partial charge in [-0.25, -0.2) is 0 Å². The van der Waals surface area contributed by atoms with Crippen molar-refractivity contribution in [1.29, 1.82) is 0 Å². The summed E-state index contributed by atoms with van der Waals surface area (Å²) < 4.78 is 0. The van der Waals surface area contributed by atoms with E-state index in [0.717, 1.165) is 25.2 Å². The van der Waals surface area contributed by atoms with Crippen molar-refractivity contribution in [2.75, 3.05) is 0 Å². The van der Waals surface area contributed by atoms with Crippen molar-refractivity contribution in [3.8, 4) is 0 Å². The minimum absolute atomic E-state index is 0.0483. The van der Waals surface area contributed by atoms with Crippen molar-refractivity contribution in [2.24, 2.45) is 23.7 Å². The molecule has 0 heterocycles. The lowest BCUT2D eigenvalue weighted by molar-refractivity contribution is -0.135. The van der Waals surface area contributed by atoms with Gasteiger partial charge in [0, 0.05) is 5.92 Å². The van der Waals surface area contributed by atoms with E-state index in [1.54, 1.807) is 0 Å². The van der Waals surface area contributed by atoms with Crippen molar-refractivity contribution in [2.45, 2.75) is 53.1 Å². The fraction of sp³-hybridized carbons (Fsp3) is 0.923. The first-order valence-corrected chi connectivity index (χ1v) is 6.15. The summed E-state index contributed by atoms with van der Waals surface area (Å²) in [6.07, 6.45) is 2.30. The summed E-state index contributed by atoms with van der Waals surface area (Å²) in [7, 11) is 0. The molecule has 2 heteroatoms. The number of rotatable bonds is 3. The largest absolute Gasteiger partial charge is 0.385 e. The normalized spacial score (nSPS) is 34.1. The molecular formula is C13H24O2. The van der Waals surface area contributed by atoms with Gasteiger partial charge in [0.05, 0.1) is 0 Å². The van der Waals surface area contributed by atoms with E-state index < -0.39 is 6.10 Å². The average Bonchev–Trinajstić information content (AvgIpc) is 2.19. The topological polar surface area (TPSA) is 37.3 Å². The Morgan fingerprint density at radius 3 is 2.27 bits per heavy atom. The van der Waals surface area contributed by atoms with Crippen LogP contribution in [0.3, 0.4) is 0 Å². The van der Waals surface area contributed by atoms with Crippen LogP contribution in [-0.4, -0.2) is 17.0 Å². The lowest BCUT2D eigenvalue weighted by Crippen LogP contribution is -2.36. The molecule has 0 saturated heterocycles. The van der Waals surface area contributed by atoms with E-state index in [1.165, 1.54) is 0 Å². The molecule has 4 unspecified atom stereocenters. The summed E-state index contributed by atoms with van der Waals surface area (Å²) in [4.78, 5) is 11.9. The van der Waals surface area contributed by atoms with E-state index in [1.807, 2.05) is 13.8 Å². The molecule has 0 aromatic rings. The third-order valence-electron chi connectivity index (χ3n) is 3.92. The molecule has 0 spiro atoms. The number of ketones is 1. The van der Waals surface area contributed by atoms with Gasteiger partial charge in [-0.1, -0.05) is 27.7 Å². The van der Waals surface area contributed by atoms with Crippen LogP contribution in [-0.2, 0) is 4.79 Å². The first-order chi connectivity index (χ1) is 6.93. The predicted molar refractivity (Wildman–Crippen MR) is 61.5 cm³/mol. The van der Waals surface area contributed by atoms with Gasteiger partial charge < -0.3 is 5.11 Å². The highest BCUT2D eigenvalue weighted by molar-refractivity contribution is 5.85. The van der Waals surface area contributed by atoms with E-state index in [-0.39, 0.29) is 17.6 Å². The van der Waals surface area contributed by atoms with Crippen LogP contribution in [0.15, 0.2) is 0 Å². The summed E-state index contributed by atoms with van der Waals surface area (Å²) >= 11 is 0. The molecule has 1 saturated carbocycles. The highest BCUT2D eigenvalue weighted by Gasteiger charge is 2.33. The van der Waals surface area contributed by atoms with E-state index in [4.69, 9.17) is 0 Å². The van der Waals surface area contributed by atoms with E-state index in [9.17, 15) is 9.90 Å². The van der Waals surface area contributed by atoms with Crippen LogP contribution in [0.4, 0.5) is 0 Å². The summed E-state index contributed by atoms with van der Waals surface area (Å²) in [5.74, 6) is 1.57. The molecule has 1 rings (SSSR count). The van der Waals surface area contributed by atoms with Gasteiger partial charge in [0.25, 0.3) is 0 Å². The van der Waals surface area contributed by atoms with Crippen molar-refractivity contribution >= 4 is 5.78 Å². The predicted octanol–water partition coefficient (Wildman–Crippen LogP) is 2.64. The van der Waals surface area contributed by atoms with Crippen LogP contribution in [0, 0.1) is 23.7 Å². The number of aliphatic hydroxyl groups excluding tert-OH is 1. The number of Topliss-reactive ketones (excluding diaryl/α,β-unsaturated/α-hetero) is 1. The van der Waals surface area contributed by atoms with E-state index >= 15 is 0 Å². The van der Waals surface area contributed by atoms with Crippen LogP contribution >= 0.6 is 0 Å². The van der Waals surface area contributed by atoms with Crippen LogP contribution < -0.4 is 0 Å². The zero-order chi connectivity index (χ0) is 11.6. The first kappa shape index (κ1) is 12.7. The summed E-state index contributed by atoms with van der Waals surface area (Å²) in [6.45, 7) is 8.27. The molecule has 0 amide bonds. The standard InChI is InChI=1S/C13H24O2/c1-8(2)12(14)13(15)11-6-5-9(3)10(4)7-11/h8-12,14H,5-7H2,1-4H3. The molecule has 1 aliphatic carbocycles. The van der Waals surface area contributed by atoms with Gasteiger partial charge in [0.15, 0.2) is 5.78 Å². The van der Waals surface area contributed by atoms with E-state index in [0.29, 0.717) is 5.92 Å². The monoisotopic (exact) mass is 212 g/mol. The molecule has 0 aliphatic heterocycles. The molecule has 1 aliphatic rings. The Hall–Kier alpha value is -0.370. The van der Waals surface area contributed by atoms with Gasteiger partial charge in [-0.3, -0.25) is 4.79 Å². The zero-order valence-electron chi connectivity index (χ0n) is 10.4. The zero-order valence-corrected chi connectivity index (χ0v) is 10.4. The maximum atomic E-state index is 11.9. The van der Waals surface area contributed by atoms with E-state index in [2.05, 4.69) is 13.8 Å². The second-order valence-electron chi connectivity index (χ2n) is 5.56. The quantitative estimate of drug-likeness (QED) is 0.781. The third kappa shape index (κ3) is 3.04.